The van der Waals surface area contributed by atoms with E-state index in [9.17, 15) is 0 Å². The average Bonchev–Trinajstić information content (AvgIpc) is 2.98. The van der Waals surface area contributed by atoms with Crippen LogP contribution in [0.2, 0.25) is 0 Å². The van der Waals surface area contributed by atoms with Crippen LogP contribution in [-0.2, 0) is 18.5 Å². The number of hydrogen-bond acceptors (Lipinski definition) is 3. The largest absolute Gasteiger partial charge is 0.443 e. The van der Waals surface area contributed by atoms with Crippen molar-refractivity contribution in [2.24, 2.45) is 4.99 Å². The van der Waals surface area contributed by atoms with Gasteiger partial charge in [0.25, 0.3) is 0 Å². The summed E-state index contributed by atoms with van der Waals surface area (Å²) in [5, 5.41) is 6.53. The lowest BCUT2D eigenvalue weighted by Gasteiger charge is -2.14. The lowest BCUT2D eigenvalue weighted by atomic mass is 9.94. The Morgan fingerprint density at radius 3 is 2.42 bits per heavy atom. The van der Waals surface area contributed by atoms with Crippen molar-refractivity contribution in [2.75, 3.05) is 7.05 Å². The van der Waals surface area contributed by atoms with E-state index in [0.717, 1.165) is 18.3 Å². The molecule has 0 spiro atoms. The third-order valence-electron chi connectivity index (χ3n) is 3.63. The molecule has 0 saturated heterocycles. The maximum absolute atomic E-state index is 5.77. The summed E-state index contributed by atoms with van der Waals surface area (Å²) in [4.78, 5) is 8.54. The highest BCUT2D eigenvalue weighted by Gasteiger charge is 2.19. The maximum atomic E-state index is 5.77. The molecule has 0 saturated carbocycles. The first kappa shape index (κ1) is 20.5. The molecule has 2 rings (SSSR count). The van der Waals surface area contributed by atoms with Crippen molar-refractivity contribution >= 4 is 29.9 Å². The third kappa shape index (κ3) is 5.81. The molecule has 0 aliphatic rings. The summed E-state index contributed by atoms with van der Waals surface area (Å²) in [6.45, 7) is 9.65. The normalized spacial score (nSPS) is 11.8. The molecule has 0 unspecified atom stereocenters. The predicted octanol–water partition coefficient (Wildman–Crippen LogP) is 3.76. The predicted molar refractivity (Wildman–Crippen MR) is 109 cm³/mol. The molecule has 1 aromatic carbocycles. The Hall–Kier alpha value is -1.57. The summed E-state index contributed by atoms with van der Waals surface area (Å²) in [5.74, 6) is 2.27. The van der Waals surface area contributed by atoms with Crippen molar-refractivity contribution in [1.29, 1.82) is 0 Å². The monoisotopic (exact) mass is 442 g/mol. The molecule has 0 bridgehead atoms. The summed E-state index contributed by atoms with van der Waals surface area (Å²) < 4.78 is 5.77. The molecule has 2 N–H and O–H groups in total. The van der Waals surface area contributed by atoms with Gasteiger partial charge in [0, 0.05) is 19.0 Å². The number of aromatic nitrogens is 1. The second-order valence-electron chi connectivity index (χ2n) is 6.57. The molecule has 1 heterocycles. The van der Waals surface area contributed by atoms with Crippen molar-refractivity contribution in [1.82, 2.24) is 15.6 Å². The van der Waals surface area contributed by atoms with Gasteiger partial charge in [0.15, 0.2) is 5.96 Å². The maximum Gasteiger partial charge on any atom is 0.213 e. The number of nitrogens with one attached hydrogen (secondary N) is 2. The number of halogens is 1. The highest BCUT2D eigenvalue weighted by molar-refractivity contribution is 14.0. The molecule has 0 amide bonds. The van der Waals surface area contributed by atoms with Gasteiger partial charge in [0.05, 0.1) is 12.7 Å². The quantitative estimate of drug-likeness (QED) is 0.430. The molecule has 5 nitrogen and oxygen atoms in total. The van der Waals surface area contributed by atoms with Gasteiger partial charge in [-0.1, -0.05) is 45.0 Å². The molecule has 132 valence electrons. The number of benzene rings is 1. The Morgan fingerprint density at radius 1 is 1.17 bits per heavy atom. The second kappa shape index (κ2) is 9.05. The smallest absolute Gasteiger partial charge is 0.213 e. The van der Waals surface area contributed by atoms with Gasteiger partial charge in [-0.2, -0.15) is 0 Å². The Bertz CT molecular complexity index is 674. The summed E-state index contributed by atoms with van der Waals surface area (Å²) in [5.41, 5.74) is 2.48. The van der Waals surface area contributed by atoms with E-state index in [1.54, 1.807) is 13.2 Å². The van der Waals surface area contributed by atoms with E-state index in [-0.39, 0.29) is 29.4 Å². The number of nitrogens with zero attached hydrogens (tertiary/aromatic N) is 2. The van der Waals surface area contributed by atoms with Crippen LogP contribution in [0.4, 0.5) is 0 Å². The van der Waals surface area contributed by atoms with Gasteiger partial charge in [-0.15, -0.1) is 24.0 Å². The topological polar surface area (TPSA) is 62.5 Å². The Morgan fingerprint density at radius 2 is 1.83 bits per heavy atom. The molecule has 0 radical (unpaired) electrons. The van der Waals surface area contributed by atoms with Gasteiger partial charge >= 0.3 is 0 Å². The van der Waals surface area contributed by atoms with E-state index >= 15 is 0 Å². The van der Waals surface area contributed by atoms with Crippen molar-refractivity contribution in [3.63, 3.8) is 0 Å². The van der Waals surface area contributed by atoms with Crippen molar-refractivity contribution in [3.8, 4) is 0 Å². The minimum Gasteiger partial charge on any atom is -0.443 e. The molecular formula is C18H27IN4O. The number of guanidine groups is 1. The van der Waals surface area contributed by atoms with E-state index in [0.29, 0.717) is 12.4 Å². The highest BCUT2D eigenvalue weighted by Crippen LogP contribution is 2.22. The summed E-state index contributed by atoms with van der Waals surface area (Å²) in [7, 11) is 1.75. The summed E-state index contributed by atoms with van der Waals surface area (Å²) in [6.07, 6.45) is 1.79. The van der Waals surface area contributed by atoms with Crippen molar-refractivity contribution < 1.29 is 4.42 Å². The van der Waals surface area contributed by atoms with E-state index in [1.807, 2.05) is 12.1 Å². The van der Waals surface area contributed by atoms with E-state index in [2.05, 4.69) is 60.4 Å². The van der Waals surface area contributed by atoms with E-state index in [4.69, 9.17) is 4.42 Å². The second-order valence-corrected chi connectivity index (χ2v) is 6.57. The lowest BCUT2D eigenvalue weighted by molar-refractivity contribution is 0.379. The van der Waals surface area contributed by atoms with Crippen LogP contribution in [0.25, 0.3) is 0 Å². The Kier molecular flexibility index (Phi) is 7.72. The number of aryl methyl sites for hydroxylation is 1. The molecule has 24 heavy (non-hydrogen) atoms. The van der Waals surface area contributed by atoms with Crippen molar-refractivity contribution in [2.45, 2.75) is 46.2 Å². The zero-order chi connectivity index (χ0) is 16.9. The number of hydrogen-bond donors (Lipinski definition) is 2. The van der Waals surface area contributed by atoms with Gasteiger partial charge in [0.2, 0.25) is 5.89 Å². The van der Waals surface area contributed by atoms with Crippen LogP contribution < -0.4 is 10.6 Å². The minimum absolute atomic E-state index is 0. The Labute approximate surface area is 161 Å². The van der Waals surface area contributed by atoms with Crippen molar-refractivity contribution in [3.05, 3.63) is 53.2 Å². The van der Waals surface area contributed by atoms with Gasteiger partial charge in [-0.05, 0) is 18.1 Å². The molecule has 0 fully saturated rings. The van der Waals surface area contributed by atoms with E-state index < -0.39 is 0 Å². The average molecular weight is 442 g/mol. The van der Waals surface area contributed by atoms with Crippen LogP contribution in [0, 0.1) is 6.92 Å². The third-order valence-corrected chi connectivity index (χ3v) is 3.63. The zero-order valence-electron chi connectivity index (χ0n) is 15.0. The number of aliphatic imine (C=N–C) groups is 1. The van der Waals surface area contributed by atoms with Crippen LogP contribution in [0.3, 0.4) is 0 Å². The molecule has 0 aliphatic heterocycles. The molecule has 0 atom stereocenters. The van der Waals surface area contributed by atoms with Crippen LogP contribution in [-0.4, -0.2) is 18.0 Å². The van der Waals surface area contributed by atoms with Gasteiger partial charge in [-0.3, -0.25) is 4.99 Å². The molecule has 0 aliphatic carbocycles. The highest BCUT2D eigenvalue weighted by atomic mass is 127. The molecular weight excluding hydrogens is 415 g/mol. The molecule has 1 aromatic heterocycles. The standard InChI is InChI=1S/C18H26N4O.HI/c1-13-8-6-7-9-14(13)10-21-17(19-5)22-12-16-20-11-15(23-16)18(2,3)4;/h6-9,11H,10,12H2,1-5H3,(H2,19,21,22);1H. The van der Waals surface area contributed by atoms with Crippen LogP contribution in [0.15, 0.2) is 39.9 Å². The van der Waals surface area contributed by atoms with Gasteiger partial charge in [0.1, 0.15) is 5.76 Å². The fourth-order valence-electron chi connectivity index (χ4n) is 2.11. The fraction of sp³-hybridized carbons (Fsp3) is 0.444. The van der Waals surface area contributed by atoms with Gasteiger partial charge < -0.3 is 15.1 Å². The molecule has 2 aromatic rings. The first-order chi connectivity index (χ1) is 10.9. The van der Waals surface area contributed by atoms with Gasteiger partial charge in [-0.25, -0.2) is 4.98 Å². The van der Waals surface area contributed by atoms with Crippen LogP contribution in [0.1, 0.15) is 43.5 Å². The zero-order valence-corrected chi connectivity index (χ0v) is 17.3. The summed E-state index contributed by atoms with van der Waals surface area (Å²) >= 11 is 0. The summed E-state index contributed by atoms with van der Waals surface area (Å²) in [6, 6.07) is 8.30. The minimum atomic E-state index is -0.0317. The first-order valence-corrected chi connectivity index (χ1v) is 7.84. The number of rotatable bonds is 4. The lowest BCUT2D eigenvalue weighted by Crippen LogP contribution is -2.36. The Balaban J connectivity index is 0.00000288. The van der Waals surface area contributed by atoms with Crippen LogP contribution in [0.5, 0.6) is 0 Å². The first-order valence-electron chi connectivity index (χ1n) is 7.84. The fourth-order valence-corrected chi connectivity index (χ4v) is 2.11. The van der Waals surface area contributed by atoms with E-state index in [1.165, 1.54) is 11.1 Å². The number of oxazole rings is 1. The van der Waals surface area contributed by atoms with Crippen LogP contribution >= 0.6 is 24.0 Å². The molecule has 6 heteroatoms. The SMILES string of the molecule is CN=C(NCc1ncc(C(C)(C)C)o1)NCc1ccccc1C.I.